The maximum absolute atomic E-state index is 8.91. The number of hydrogen-bond donors (Lipinski definition) is 1. The summed E-state index contributed by atoms with van der Waals surface area (Å²) in [6, 6.07) is 9.83. The fourth-order valence-corrected chi connectivity index (χ4v) is 2.56. The molecule has 0 saturated carbocycles. The van der Waals surface area contributed by atoms with Gasteiger partial charge in [-0.25, -0.2) is 0 Å². The Hall–Kier alpha value is -1.29. The Morgan fingerprint density at radius 1 is 1.48 bits per heavy atom. The van der Waals surface area contributed by atoms with Crippen molar-refractivity contribution in [2.75, 3.05) is 20.1 Å². The van der Waals surface area contributed by atoms with E-state index in [-0.39, 0.29) is 24.0 Å². The van der Waals surface area contributed by atoms with Crippen molar-refractivity contribution in [3.8, 4) is 6.07 Å². The fourth-order valence-electron chi connectivity index (χ4n) is 2.56. The minimum atomic E-state index is 0. The van der Waals surface area contributed by atoms with E-state index in [1.54, 1.807) is 0 Å². The van der Waals surface area contributed by atoms with Crippen molar-refractivity contribution in [1.29, 1.82) is 5.26 Å². The molecule has 1 aromatic rings. The number of benzene rings is 1. The standard InChI is InChI=1S/C16H22N4.HI/c1-16(2)7-8-20(12-16)15(18-3)19-11-14-6-4-5-13(9-14)10-17;/h4-6,9H,7-8,11-12H2,1-3H3,(H,18,19);1H. The second-order valence-electron chi connectivity index (χ2n) is 6.05. The molecule has 1 saturated heterocycles. The normalized spacial score (nSPS) is 17.0. The van der Waals surface area contributed by atoms with Crippen LogP contribution in [0.15, 0.2) is 29.3 Å². The molecule has 1 N–H and O–H groups in total. The number of nitrogens with one attached hydrogen (secondary N) is 1. The Balaban J connectivity index is 0.00000220. The van der Waals surface area contributed by atoms with Gasteiger partial charge < -0.3 is 10.2 Å². The summed E-state index contributed by atoms with van der Waals surface area (Å²) >= 11 is 0. The number of aliphatic imine (C=N–C) groups is 1. The Kier molecular flexibility index (Phi) is 6.46. The molecule has 0 aliphatic carbocycles. The first kappa shape index (κ1) is 17.8. The largest absolute Gasteiger partial charge is 0.352 e. The number of likely N-dealkylation sites (tertiary alicyclic amines) is 1. The quantitative estimate of drug-likeness (QED) is 0.474. The molecule has 114 valence electrons. The molecule has 0 aromatic heterocycles. The molecule has 1 heterocycles. The highest BCUT2D eigenvalue weighted by molar-refractivity contribution is 14.0. The molecule has 0 unspecified atom stereocenters. The highest BCUT2D eigenvalue weighted by Crippen LogP contribution is 2.28. The van der Waals surface area contributed by atoms with Crippen molar-refractivity contribution in [2.45, 2.75) is 26.8 Å². The van der Waals surface area contributed by atoms with E-state index in [4.69, 9.17) is 5.26 Å². The smallest absolute Gasteiger partial charge is 0.193 e. The van der Waals surface area contributed by atoms with E-state index in [1.807, 2.05) is 31.3 Å². The molecule has 1 fully saturated rings. The van der Waals surface area contributed by atoms with Gasteiger partial charge in [-0.05, 0) is 29.5 Å². The first-order valence-electron chi connectivity index (χ1n) is 6.99. The summed E-state index contributed by atoms with van der Waals surface area (Å²) in [5.41, 5.74) is 2.16. The molecule has 0 radical (unpaired) electrons. The third-order valence-corrected chi connectivity index (χ3v) is 3.70. The summed E-state index contributed by atoms with van der Waals surface area (Å²) < 4.78 is 0. The average molecular weight is 398 g/mol. The summed E-state index contributed by atoms with van der Waals surface area (Å²) in [7, 11) is 1.82. The van der Waals surface area contributed by atoms with Gasteiger partial charge in [0.1, 0.15) is 0 Å². The van der Waals surface area contributed by atoms with Crippen molar-refractivity contribution in [2.24, 2.45) is 10.4 Å². The molecule has 21 heavy (non-hydrogen) atoms. The first-order chi connectivity index (χ1) is 9.54. The summed E-state index contributed by atoms with van der Waals surface area (Å²) in [4.78, 5) is 6.66. The van der Waals surface area contributed by atoms with E-state index in [2.05, 4.69) is 35.1 Å². The lowest BCUT2D eigenvalue weighted by Crippen LogP contribution is -2.40. The topological polar surface area (TPSA) is 51.4 Å². The van der Waals surface area contributed by atoms with E-state index < -0.39 is 0 Å². The van der Waals surface area contributed by atoms with Crippen molar-refractivity contribution in [3.63, 3.8) is 0 Å². The van der Waals surface area contributed by atoms with Crippen LogP contribution in [0.5, 0.6) is 0 Å². The van der Waals surface area contributed by atoms with Crippen molar-refractivity contribution in [3.05, 3.63) is 35.4 Å². The zero-order chi connectivity index (χ0) is 14.6. The summed E-state index contributed by atoms with van der Waals surface area (Å²) in [6.07, 6.45) is 1.19. The molecule has 1 aromatic carbocycles. The molecule has 0 spiro atoms. The average Bonchev–Trinajstić information content (AvgIpc) is 2.80. The number of hydrogen-bond acceptors (Lipinski definition) is 2. The van der Waals surface area contributed by atoms with Crippen LogP contribution in [-0.4, -0.2) is 31.0 Å². The molecular formula is C16H23IN4. The lowest BCUT2D eigenvalue weighted by Gasteiger charge is -2.23. The fraction of sp³-hybridized carbons (Fsp3) is 0.500. The molecule has 1 aliphatic rings. The zero-order valence-electron chi connectivity index (χ0n) is 12.9. The number of halogens is 1. The number of nitriles is 1. The van der Waals surface area contributed by atoms with Crippen molar-refractivity contribution in [1.82, 2.24) is 10.2 Å². The molecule has 1 aliphatic heterocycles. The van der Waals surface area contributed by atoms with Gasteiger partial charge in [-0.3, -0.25) is 4.99 Å². The van der Waals surface area contributed by atoms with Gasteiger partial charge >= 0.3 is 0 Å². The van der Waals surface area contributed by atoms with E-state index in [1.165, 1.54) is 6.42 Å². The van der Waals surface area contributed by atoms with Crippen LogP contribution < -0.4 is 5.32 Å². The highest BCUT2D eigenvalue weighted by Gasteiger charge is 2.30. The van der Waals surface area contributed by atoms with Crippen LogP contribution in [0.4, 0.5) is 0 Å². The Morgan fingerprint density at radius 2 is 2.24 bits per heavy atom. The third kappa shape index (κ3) is 4.88. The molecular weight excluding hydrogens is 375 g/mol. The van der Waals surface area contributed by atoms with E-state index in [0.29, 0.717) is 17.5 Å². The van der Waals surface area contributed by atoms with Gasteiger partial charge in [0.05, 0.1) is 11.6 Å². The highest BCUT2D eigenvalue weighted by atomic mass is 127. The predicted molar refractivity (Wildman–Crippen MR) is 96.7 cm³/mol. The van der Waals surface area contributed by atoms with Gasteiger partial charge in [0.2, 0.25) is 0 Å². The predicted octanol–water partition coefficient (Wildman–Crippen LogP) is 2.98. The molecule has 2 rings (SSSR count). The van der Waals surface area contributed by atoms with Crippen LogP contribution in [0.1, 0.15) is 31.4 Å². The molecule has 0 bridgehead atoms. The summed E-state index contributed by atoms with van der Waals surface area (Å²) in [6.45, 7) is 7.35. The van der Waals surface area contributed by atoms with Crippen LogP contribution in [0.2, 0.25) is 0 Å². The zero-order valence-corrected chi connectivity index (χ0v) is 15.2. The summed E-state index contributed by atoms with van der Waals surface area (Å²) in [5.74, 6) is 0.943. The van der Waals surface area contributed by atoms with Gasteiger partial charge in [0.15, 0.2) is 5.96 Å². The first-order valence-corrected chi connectivity index (χ1v) is 6.99. The lowest BCUT2D eigenvalue weighted by molar-refractivity contribution is 0.370. The van der Waals surface area contributed by atoms with Crippen LogP contribution in [0.25, 0.3) is 0 Å². The van der Waals surface area contributed by atoms with Crippen molar-refractivity contribution >= 4 is 29.9 Å². The van der Waals surface area contributed by atoms with Crippen LogP contribution in [-0.2, 0) is 6.54 Å². The van der Waals surface area contributed by atoms with E-state index >= 15 is 0 Å². The molecule has 0 atom stereocenters. The molecule has 4 nitrogen and oxygen atoms in total. The van der Waals surface area contributed by atoms with Gasteiger partial charge in [-0.2, -0.15) is 5.26 Å². The Bertz CT molecular complexity index is 545. The monoisotopic (exact) mass is 398 g/mol. The van der Waals surface area contributed by atoms with E-state index in [0.717, 1.165) is 24.6 Å². The lowest BCUT2D eigenvalue weighted by atomic mass is 9.93. The number of nitrogens with zero attached hydrogens (tertiary/aromatic N) is 3. The second kappa shape index (κ2) is 7.64. The third-order valence-electron chi connectivity index (χ3n) is 3.70. The van der Waals surface area contributed by atoms with Gasteiger partial charge in [-0.1, -0.05) is 26.0 Å². The van der Waals surface area contributed by atoms with Crippen LogP contribution in [0, 0.1) is 16.7 Å². The minimum Gasteiger partial charge on any atom is -0.352 e. The molecule has 5 heteroatoms. The molecule has 0 amide bonds. The van der Waals surface area contributed by atoms with Crippen molar-refractivity contribution < 1.29 is 0 Å². The maximum Gasteiger partial charge on any atom is 0.193 e. The second-order valence-corrected chi connectivity index (χ2v) is 6.05. The van der Waals surface area contributed by atoms with Crippen LogP contribution >= 0.6 is 24.0 Å². The Morgan fingerprint density at radius 3 is 2.81 bits per heavy atom. The van der Waals surface area contributed by atoms with Gasteiger partial charge in [0, 0.05) is 26.7 Å². The summed E-state index contributed by atoms with van der Waals surface area (Å²) in [5, 5.41) is 12.3. The maximum atomic E-state index is 8.91. The van der Waals surface area contributed by atoms with E-state index in [9.17, 15) is 0 Å². The number of guanidine groups is 1. The van der Waals surface area contributed by atoms with Crippen LogP contribution in [0.3, 0.4) is 0 Å². The van der Waals surface area contributed by atoms with Gasteiger partial charge in [-0.15, -0.1) is 24.0 Å². The van der Waals surface area contributed by atoms with Gasteiger partial charge in [0.25, 0.3) is 0 Å². The number of rotatable bonds is 2. The SMILES string of the molecule is CN=C(NCc1cccc(C#N)c1)N1CCC(C)(C)C1.I. The Labute approximate surface area is 144 Å². The minimum absolute atomic E-state index is 0.